The first-order valence-electron chi connectivity index (χ1n) is 22.7. The normalized spacial score (nSPS) is 16.5. The molecule has 2 heterocycles. The smallest absolute Gasteiger partial charge is 0.306 e. The molecule has 0 amide bonds. The van der Waals surface area contributed by atoms with Gasteiger partial charge in [0.25, 0.3) is 0 Å². The number of carbonyl (C=O) groups is 2. The summed E-state index contributed by atoms with van der Waals surface area (Å²) in [7, 11) is 4.05. The van der Waals surface area contributed by atoms with Gasteiger partial charge in [0.1, 0.15) is 6.10 Å². The summed E-state index contributed by atoms with van der Waals surface area (Å²) in [4.78, 5) is 30.2. The van der Waals surface area contributed by atoms with Crippen LogP contribution >= 0.6 is 21.6 Å². The van der Waals surface area contributed by atoms with Crippen LogP contribution in [0.5, 0.6) is 0 Å². The van der Waals surface area contributed by atoms with E-state index in [2.05, 4.69) is 23.6 Å². The minimum Gasteiger partial charge on any atom is -0.466 e. The summed E-state index contributed by atoms with van der Waals surface area (Å²) in [6, 6.07) is 0. The van der Waals surface area contributed by atoms with E-state index >= 15 is 0 Å². The van der Waals surface area contributed by atoms with E-state index in [9.17, 15) is 9.59 Å². The van der Waals surface area contributed by atoms with Gasteiger partial charge in [0.05, 0.1) is 6.61 Å². The Morgan fingerprint density at radius 2 is 1.04 bits per heavy atom. The molecule has 2 aliphatic heterocycles. The summed E-state index contributed by atoms with van der Waals surface area (Å²) in [6.07, 6.45) is 30.3. The van der Waals surface area contributed by atoms with Gasteiger partial charge in [-0.15, -0.1) is 0 Å². The minimum atomic E-state index is -0.0477. The molecule has 2 saturated heterocycles. The molecule has 2 rings (SSSR count). The Bertz CT molecular complexity index is 836. The Balaban J connectivity index is 1.40. The van der Waals surface area contributed by atoms with Crippen LogP contribution in [0.15, 0.2) is 0 Å². The summed E-state index contributed by atoms with van der Waals surface area (Å²) >= 11 is 0. The summed E-state index contributed by atoms with van der Waals surface area (Å²) in [6.45, 7) is 12.5. The maximum atomic E-state index is 12.7. The number of unbranched alkanes of at least 4 members (excludes halogenated alkanes) is 14. The summed E-state index contributed by atoms with van der Waals surface area (Å²) in [5, 5.41) is 9.14. The van der Waals surface area contributed by atoms with E-state index in [0.29, 0.717) is 32.0 Å². The van der Waals surface area contributed by atoms with E-state index in [1.165, 1.54) is 154 Å². The van der Waals surface area contributed by atoms with Gasteiger partial charge in [0.2, 0.25) is 0 Å². The Kier molecular flexibility index (Phi) is 31.9. The minimum absolute atomic E-state index is 0.0108. The number of hydrogen-bond donors (Lipinski definition) is 1. The Morgan fingerprint density at radius 3 is 1.53 bits per heavy atom. The van der Waals surface area contributed by atoms with Crippen LogP contribution < -0.4 is 0 Å². The zero-order valence-corrected chi connectivity index (χ0v) is 36.3. The van der Waals surface area contributed by atoms with Crippen LogP contribution in [0, 0.1) is 11.8 Å². The first-order chi connectivity index (χ1) is 26.0. The van der Waals surface area contributed by atoms with Crippen molar-refractivity contribution in [3.05, 3.63) is 0 Å². The number of likely N-dealkylation sites (tertiary alicyclic amines) is 2. The van der Waals surface area contributed by atoms with Crippen LogP contribution in [0.2, 0.25) is 0 Å². The second kappa shape index (κ2) is 34.7. The molecule has 9 heteroatoms. The molecule has 0 atom stereocenters. The van der Waals surface area contributed by atoms with Crippen LogP contribution in [0.25, 0.3) is 0 Å². The molecule has 0 radical (unpaired) electrons. The van der Waals surface area contributed by atoms with E-state index < -0.39 is 0 Å². The Morgan fingerprint density at radius 1 is 0.604 bits per heavy atom. The highest BCUT2D eigenvalue weighted by atomic mass is 33.1. The van der Waals surface area contributed by atoms with Crippen LogP contribution in [-0.2, 0) is 19.1 Å². The Hall–Kier alpha value is -0.480. The highest BCUT2D eigenvalue weighted by Crippen LogP contribution is 2.26. The molecule has 0 spiro atoms. The zero-order chi connectivity index (χ0) is 38.0. The lowest BCUT2D eigenvalue weighted by atomic mass is 9.94. The zero-order valence-electron chi connectivity index (χ0n) is 34.7. The fourth-order valence-corrected chi connectivity index (χ4v) is 9.98. The van der Waals surface area contributed by atoms with E-state index in [4.69, 9.17) is 14.6 Å². The monoisotopic (exact) mass is 785 g/mol. The number of hydrogen-bond acceptors (Lipinski definition) is 9. The van der Waals surface area contributed by atoms with E-state index in [0.717, 1.165) is 63.7 Å². The summed E-state index contributed by atoms with van der Waals surface area (Å²) in [5.74, 6) is 3.75. The molecule has 2 aliphatic rings. The largest absolute Gasteiger partial charge is 0.466 e. The van der Waals surface area contributed by atoms with Crippen LogP contribution in [0.3, 0.4) is 0 Å². The molecule has 0 aromatic heterocycles. The molecule has 0 bridgehead atoms. The average molecular weight is 785 g/mol. The molecule has 0 aromatic carbocycles. The molecule has 1 N–H and O–H groups in total. The quantitative estimate of drug-likeness (QED) is 0.0384. The van der Waals surface area contributed by atoms with Crippen molar-refractivity contribution >= 4 is 33.5 Å². The molecule has 0 unspecified atom stereocenters. The number of piperidine rings is 2. The van der Waals surface area contributed by atoms with Gasteiger partial charge >= 0.3 is 11.9 Å². The topological polar surface area (TPSA) is 79.3 Å². The summed E-state index contributed by atoms with van der Waals surface area (Å²) in [5.41, 5.74) is 0. The van der Waals surface area contributed by atoms with E-state index in [1.807, 2.05) is 21.6 Å². The standard InChI is InChI=1S/C44H84N2O5S2/c1-3-5-7-9-12-16-20-42(21-17-13-10-8-6-4-2)51-44(49)23-19-15-11-14-18-22-43(48)50-37-29-41-26-32-46(33-27-41)35-39-53-52-38-34-45-30-24-40(25-31-45)28-36-47/h40-42,47H,3-39H2,1-2H3. The lowest BCUT2D eigenvalue weighted by Gasteiger charge is -2.32. The predicted octanol–water partition coefficient (Wildman–Crippen LogP) is 11.3. The molecule has 2 fully saturated rings. The van der Waals surface area contributed by atoms with Crippen molar-refractivity contribution in [1.29, 1.82) is 0 Å². The maximum absolute atomic E-state index is 12.7. The van der Waals surface area contributed by atoms with Gasteiger partial charge in [0.15, 0.2) is 0 Å². The first-order valence-corrected chi connectivity index (χ1v) is 25.2. The van der Waals surface area contributed by atoms with Crippen molar-refractivity contribution in [2.45, 2.75) is 193 Å². The highest BCUT2D eigenvalue weighted by molar-refractivity contribution is 8.76. The van der Waals surface area contributed by atoms with Gasteiger partial charge < -0.3 is 24.4 Å². The highest BCUT2D eigenvalue weighted by Gasteiger charge is 2.20. The molecule has 0 aromatic rings. The molecule has 0 aliphatic carbocycles. The van der Waals surface area contributed by atoms with E-state index in [-0.39, 0.29) is 18.0 Å². The third-order valence-corrected chi connectivity index (χ3v) is 14.0. The first kappa shape index (κ1) is 48.7. The molecule has 53 heavy (non-hydrogen) atoms. The van der Waals surface area contributed by atoms with Crippen molar-refractivity contribution in [1.82, 2.24) is 9.80 Å². The van der Waals surface area contributed by atoms with Gasteiger partial charge in [0, 0.05) is 44.0 Å². The number of esters is 2. The van der Waals surface area contributed by atoms with Crippen LogP contribution in [-0.4, -0.2) is 96.9 Å². The Labute approximate surface area is 335 Å². The molecule has 312 valence electrons. The van der Waals surface area contributed by atoms with Crippen molar-refractivity contribution in [2.24, 2.45) is 11.8 Å². The molecular weight excluding hydrogens is 701 g/mol. The van der Waals surface area contributed by atoms with Crippen molar-refractivity contribution in [3.8, 4) is 0 Å². The second-order valence-electron chi connectivity index (χ2n) is 16.2. The number of rotatable bonds is 35. The van der Waals surface area contributed by atoms with Crippen molar-refractivity contribution in [3.63, 3.8) is 0 Å². The number of carbonyl (C=O) groups excluding carboxylic acids is 2. The number of ether oxygens (including phenoxy) is 2. The number of aliphatic hydroxyl groups is 1. The number of aliphatic hydroxyl groups excluding tert-OH is 1. The van der Waals surface area contributed by atoms with Crippen molar-refractivity contribution in [2.75, 3.05) is 64.0 Å². The van der Waals surface area contributed by atoms with Crippen LogP contribution in [0.1, 0.15) is 187 Å². The van der Waals surface area contributed by atoms with Crippen molar-refractivity contribution < 1.29 is 24.2 Å². The van der Waals surface area contributed by atoms with Crippen LogP contribution in [0.4, 0.5) is 0 Å². The lowest BCUT2D eigenvalue weighted by molar-refractivity contribution is -0.150. The summed E-state index contributed by atoms with van der Waals surface area (Å²) < 4.78 is 11.6. The molecule has 7 nitrogen and oxygen atoms in total. The van der Waals surface area contributed by atoms with Gasteiger partial charge in [-0.05, 0) is 115 Å². The predicted molar refractivity (Wildman–Crippen MR) is 229 cm³/mol. The fourth-order valence-electron chi connectivity index (χ4n) is 7.92. The van der Waals surface area contributed by atoms with E-state index in [1.54, 1.807) is 0 Å². The second-order valence-corrected chi connectivity index (χ2v) is 18.9. The lowest BCUT2D eigenvalue weighted by Crippen LogP contribution is -2.35. The third kappa shape index (κ3) is 27.7. The van der Waals surface area contributed by atoms with Gasteiger partial charge in [-0.2, -0.15) is 0 Å². The maximum Gasteiger partial charge on any atom is 0.306 e. The fraction of sp³-hybridized carbons (Fsp3) is 0.955. The molecule has 0 saturated carbocycles. The van der Waals surface area contributed by atoms with Gasteiger partial charge in [-0.1, -0.05) is 119 Å². The van der Waals surface area contributed by atoms with Gasteiger partial charge in [-0.25, -0.2) is 0 Å². The average Bonchev–Trinajstić information content (AvgIpc) is 3.16. The number of nitrogens with zero attached hydrogens (tertiary/aromatic N) is 2. The molecular formula is C44H84N2O5S2. The third-order valence-electron chi connectivity index (χ3n) is 11.6. The van der Waals surface area contributed by atoms with Gasteiger partial charge in [-0.3, -0.25) is 9.59 Å². The SMILES string of the molecule is CCCCCCCCC(CCCCCCCC)OC(=O)CCCCCCCC(=O)OCCC1CCN(CCSSCCN2CCC(CCO)CC2)CC1.